The molecule has 0 aliphatic heterocycles. The Balaban J connectivity index is 1.85. The summed E-state index contributed by atoms with van der Waals surface area (Å²) in [4.78, 5) is 13.5. The molecule has 0 unspecified atom stereocenters. The molecule has 0 radical (unpaired) electrons. The van der Waals surface area contributed by atoms with Crippen molar-refractivity contribution in [1.82, 2.24) is 0 Å². The molecule has 0 fully saturated rings. The van der Waals surface area contributed by atoms with Crippen LogP contribution in [-0.4, -0.2) is 10.9 Å². The second-order valence-electron chi connectivity index (χ2n) is 8.30. The quantitative estimate of drug-likeness (QED) is 0.555. The number of benzene rings is 2. The molecule has 150 valence electrons. The fourth-order valence-corrected chi connectivity index (χ4v) is 4.75. The molecule has 2 nitrogen and oxygen atoms in total. The summed E-state index contributed by atoms with van der Waals surface area (Å²) in [5.41, 5.74) is 4.55. The first kappa shape index (κ1) is 20.0. The molecule has 0 saturated heterocycles. The summed E-state index contributed by atoms with van der Waals surface area (Å²) in [6.07, 6.45) is 7.77. The highest BCUT2D eigenvalue weighted by molar-refractivity contribution is 6.30. The van der Waals surface area contributed by atoms with Crippen molar-refractivity contribution in [2.24, 2.45) is 17.8 Å². The number of ketones is 1. The minimum absolute atomic E-state index is 0.0580. The van der Waals surface area contributed by atoms with Gasteiger partial charge in [0.05, 0.1) is 5.57 Å². The molecule has 3 aliphatic rings. The molecule has 2 bridgehead atoms. The standard InChI is InChI=1S/C26H27ClO2/c1-3-18-8-9-21(20-10-12-22(27)13-11-20)15-23(18)25-24(28)14-17-4-6-19(7-5-17)16(2)26(25)29/h4,6,8-13,15-17,19,28H,3,5,7,14H2,1-2H3/b25-24+/t16-,17-,19+/m0/s1. The summed E-state index contributed by atoms with van der Waals surface area (Å²) in [5, 5.41) is 11.8. The van der Waals surface area contributed by atoms with E-state index in [1.165, 1.54) is 0 Å². The summed E-state index contributed by atoms with van der Waals surface area (Å²) >= 11 is 6.05. The maximum Gasteiger partial charge on any atom is 0.170 e. The van der Waals surface area contributed by atoms with E-state index in [4.69, 9.17) is 11.6 Å². The fraction of sp³-hybridized carbons (Fsp3) is 0.346. The van der Waals surface area contributed by atoms with Crippen molar-refractivity contribution < 1.29 is 9.90 Å². The molecule has 0 aromatic heterocycles. The smallest absolute Gasteiger partial charge is 0.170 e. The topological polar surface area (TPSA) is 37.3 Å². The summed E-state index contributed by atoms with van der Waals surface area (Å²) in [7, 11) is 0. The lowest BCUT2D eigenvalue weighted by atomic mass is 9.79. The first-order valence-corrected chi connectivity index (χ1v) is 10.9. The number of hydrogen-bond donors (Lipinski definition) is 1. The fourth-order valence-electron chi connectivity index (χ4n) is 4.63. The van der Waals surface area contributed by atoms with Crippen molar-refractivity contribution in [1.29, 1.82) is 0 Å². The summed E-state index contributed by atoms with van der Waals surface area (Å²) in [6.45, 7) is 4.09. The number of halogens is 1. The van der Waals surface area contributed by atoms with Gasteiger partial charge in [0.1, 0.15) is 5.76 Å². The monoisotopic (exact) mass is 406 g/mol. The van der Waals surface area contributed by atoms with Gasteiger partial charge in [-0.1, -0.05) is 61.9 Å². The molecule has 3 atom stereocenters. The molecular formula is C26H27ClO2. The second kappa shape index (κ2) is 8.20. The minimum Gasteiger partial charge on any atom is -0.512 e. The molecular weight excluding hydrogens is 380 g/mol. The average molecular weight is 407 g/mol. The molecule has 0 heterocycles. The molecule has 0 amide bonds. The van der Waals surface area contributed by atoms with Gasteiger partial charge in [-0.3, -0.25) is 4.79 Å². The third-order valence-corrected chi connectivity index (χ3v) is 6.74. The Morgan fingerprint density at radius 2 is 1.76 bits per heavy atom. The SMILES string of the molecule is CCc1ccc(-c2ccc(Cl)cc2)cc1/C1=C(\O)C[C@H]2C=C[C@H](CC2)[C@H](C)C1=O. The zero-order valence-corrected chi connectivity index (χ0v) is 17.7. The summed E-state index contributed by atoms with van der Waals surface area (Å²) in [5.74, 6) is 0.726. The van der Waals surface area contributed by atoms with Crippen LogP contribution in [0.25, 0.3) is 16.7 Å². The number of carbonyl (C=O) groups excluding carboxylic acids is 1. The Morgan fingerprint density at radius 1 is 1.03 bits per heavy atom. The Bertz CT molecular complexity index is 984. The number of carbonyl (C=O) groups is 1. The molecule has 5 rings (SSSR count). The van der Waals surface area contributed by atoms with Crippen molar-refractivity contribution in [2.75, 3.05) is 0 Å². The maximum atomic E-state index is 13.5. The summed E-state index contributed by atoms with van der Waals surface area (Å²) < 4.78 is 0. The van der Waals surface area contributed by atoms with Crippen LogP contribution in [0, 0.1) is 17.8 Å². The van der Waals surface area contributed by atoms with E-state index in [2.05, 4.69) is 37.3 Å². The van der Waals surface area contributed by atoms with Crippen LogP contribution in [0.4, 0.5) is 0 Å². The highest BCUT2D eigenvalue weighted by atomic mass is 35.5. The van der Waals surface area contributed by atoms with E-state index in [0.29, 0.717) is 22.9 Å². The molecule has 3 aliphatic carbocycles. The normalized spacial score (nSPS) is 26.9. The third kappa shape index (κ3) is 3.91. The van der Waals surface area contributed by atoms with Crippen molar-refractivity contribution >= 4 is 23.0 Å². The van der Waals surface area contributed by atoms with Gasteiger partial charge in [0.15, 0.2) is 5.78 Å². The number of allylic oxidation sites excluding steroid dienone is 4. The molecule has 3 heteroatoms. The van der Waals surface area contributed by atoms with Gasteiger partial charge in [-0.2, -0.15) is 0 Å². The van der Waals surface area contributed by atoms with Crippen LogP contribution in [0.1, 0.15) is 44.2 Å². The van der Waals surface area contributed by atoms with Crippen LogP contribution in [0.15, 0.2) is 60.4 Å². The van der Waals surface area contributed by atoms with Crippen molar-refractivity contribution in [3.63, 3.8) is 0 Å². The molecule has 2 aromatic carbocycles. The lowest BCUT2D eigenvalue weighted by Gasteiger charge is -2.24. The van der Waals surface area contributed by atoms with E-state index in [9.17, 15) is 9.90 Å². The Hall–Kier alpha value is -2.32. The van der Waals surface area contributed by atoms with Crippen LogP contribution >= 0.6 is 11.6 Å². The predicted octanol–water partition coefficient (Wildman–Crippen LogP) is 7.03. The minimum atomic E-state index is -0.133. The van der Waals surface area contributed by atoms with Crippen LogP contribution < -0.4 is 0 Å². The Morgan fingerprint density at radius 3 is 2.41 bits per heavy atom. The largest absolute Gasteiger partial charge is 0.512 e. The highest BCUT2D eigenvalue weighted by Crippen LogP contribution is 2.39. The van der Waals surface area contributed by atoms with Gasteiger partial charge in [0.25, 0.3) is 0 Å². The van der Waals surface area contributed by atoms with Crippen molar-refractivity contribution in [2.45, 2.75) is 39.5 Å². The summed E-state index contributed by atoms with van der Waals surface area (Å²) in [6, 6.07) is 13.9. The number of aryl methyl sites for hydroxylation is 1. The van der Waals surface area contributed by atoms with Gasteiger partial charge in [-0.05, 0) is 71.6 Å². The molecule has 0 spiro atoms. The number of hydrogen-bond acceptors (Lipinski definition) is 2. The van der Waals surface area contributed by atoms with Crippen molar-refractivity contribution in [3.05, 3.63) is 76.5 Å². The van der Waals surface area contributed by atoms with Crippen LogP contribution in [0.3, 0.4) is 0 Å². The van der Waals surface area contributed by atoms with E-state index >= 15 is 0 Å². The zero-order valence-electron chi connectivity index (χ0n) is 17.0. The third-order valence-electron chi connectivity index (χ3n) is 6.49. The molecule has 29 heavy (non-hydrogen) atoms. The number of aliphatic hydroxyl groups is 1. The number of Topliss-reactive ketones (excluding diaryl/α,β-unsaturated/α-hetero) is 1. The first-order valence-electron chi connectivity index (χ1n) is 10.5. The van der Waals surface area contributed by atoms with Crippen LogP contribution in [0.2, 0.25) is 5.02 Å². The number of aliphatic hydroxyl groups excluding tert-OH is 1. The van der Waals surface area contributed by atoms with Gasteiger partial charge in [-0.15, -0.1) is 0 Å². The first-order chi connectivity index (χ1) is 14.0. The molecule has 2 aromatic rings. The van der Waals surface area contributed by atoms with Gasteiger partial charge in [-0.25, -0.2) is 0 Å². The lowest BCUT2D eigenvalue weighted by molar-refractivity contribution is -0.118. The maximum absolute atomic E-state index is 13.5. The van der Waals surface area contributed by atoms with Crippen LogP contribution in [-0.2, 0) is 11.2 Å². The Labute approximate surface area is 177 Å². The van der Waals surface area contributed by atoms with E-state index in [1.54, 1.807) is 0 Å². The predicted molar refractivity (Wildman–Crippen MR) is 120 cm³/mol. The van der Waals surface area contributed by atoms with Gasteiger partial charge < -0.3 is 5.11 Å². The van der Waals surface area contributed by atoms with Gasteiger partial charge in [0, 0.05) is 17.4 Å². The zero-order chi connectivity index (χ0) is 20.5. The van der Waals surface area contributed by atoms with Gasteiger partial charge in [0.2, 0.25) is 0 Å². The van der Waals surface area contributed by atoms with Crippen molar-refractivity contribution in [3.8, 4) is 11.1 Å². The van der Waals surface area contributed by atoms with Crippen LogP contribution in [0.5, 0.6) is 0 Å². The number of rotatable bonds is 3. The molecule has 0 saturated carbocycles. The number of fused-ring (bicyclic) bond motifs is 4. The Kier molecular flexibility index (Phi) is 5.65. The highest BCUT2D eigenvalue weighted by Gasteiger charge is 2.33. The van der Waals surface area contributed by atoms with E-state index in [1.807, 2.05) is 31.2 Å². The average Bonchev–Trinajstić information content (AvgIpc) is 2.80. The van der Waals surface area contributed by atoms with E-state index in [0.717, 1.165) is 41.5 Å². The van der Waals surface area contributed by atoms with Gasteiger partial charge >= 0.3 is 0 Å². The molecule has 1 N–H and O–H groups in total. The van der Waals surface area contributed by atoms with E-state index in [-0.39, 0.29) is 23.4 Å². The lowest BCUT2D eigenvalue weighted by Crippen LogP contribution is -2.22. The van der Waals surface area contributed by atoms with E-state index < -0.39 is 0 Å². The second-order valence-corrected chi connectivity index (χ2v) is 8.73.